The van der Waals surface area contributed by atoms with E-state index in [9.17, 15) is 0 Å². The second-order valence-electron chi connectivity index (χ2n) is 6.73. The van der Waals surface area contributed by atoms with Gasteiger partial charge in [-0.3, -0.25) is 0 Å². The summed E-state index contributed by atoms with van der Waals surface area (Å²) in [7, 11) is -2.72. The van der Waals surface area contributed by atoms with Crippen molar-refractivity contribution in [2.45, 2.75) is 39.3 Å². The summed E-state index contributed by atoms with van der Waals surface area (Å²) in [4.78, 5) is 0. The van der Waals surface area contributed by atoms with Gasteiger partial charge in [-0.1, -0.05) is 51.4 Å². The zero-order valence-electron chi connectivity index (χ0n) is 11.7. The Morgan fingerprint density at radius 3 is 1.41 bits per heavy atom. The average Bonchev–Trinajstić information content (AvgIpc) is 2.60. The van der Waals surface area contributed by atoms with Crippen molar-refractivity contribution in [2.75, 3.05) is 6.79 Å². The van der Waals surface area contributed by atoms with Crippen LogP contribution in [-0.2, 0) is 0 Å². The Morgan fingerprint density at radius 2 is 1.12 bits per heavy atom. The Kier molecular flexibility index (Phi) is 2.90. The molecule has 1 aromatic rings. The lowest BCUT2D eigenvalue weighted by molar-refractivity contribution is 0.175. The maximum atomic E-state index is 5.73. The molecular weight excluding hydrogens is 244 g/mol. The fourth-order valence-electron chi connectivity index (χ4n) is 2.18. The van der Waals surface area contributed by atoms with Crippen LogP contribution >= 0.6 is 0 Å². The van der Waals surface area contributed by atoms with Crippen molar-refractivity contribution in [3.63, 3.8) is 0 Å². The van der Waals surface area contributed by atoms with Crippen LogP contribution in [0.15, 0.2) is 12.1 Å². The zero-order valence-corrected chi connectivity index (χ0v) is 13.7. The van der Waals surface area contributed by atoms with Crippen LogP contribution in [0.3, 0.4) is 0 Å². The van der Waals surface area contributed by atoms with Gasteiger partial charge in [-0.05, 0) is 10.4 Å². The minimum absolute atomic E-state index is 0.383. The largest absolute Gasteiger partial charge is 0.454 e. The van der Waals surface area contributed by atoms with Gasteiger partial charge in [0.25, 0.3) is 0 Å². The monoisotopic (exact) mass is 266 g/mol. The molecule has 0 unspecified atom stereocenters. The standard InChI is InChI=1S/C13H22O2Si2/c1-16(2,3)10-7-8-11(17(4,5)6)13-12(10)14-9-15-13/h7-8H,9H2,1-6H3. The van der Waals surface area contributed by atoms with E-state index in [1.54, 1.807) is 0 Å². The maximum absolute atomic E-state index is 5.73. The molecule has 17 heavy (non-hydrogen) atoms. The van der Waals surface area contributed by atoms with Gasteiger partial charge in [-0.25, -0.2) is 0 Å². The molecule has 0 fully saturated rings. The third kappa shape index (κ3) is 2.28. The van der Waals surface area contributed by atoms with Gasteiger partial charge >= 0.3 is 0 Å². The van der Waals surface area contributed by atoms with Crippen LogP contribution in [0.5, 0.6) is 11.5 Å². The molecule has 94 valence electrons. The van der Waals surface area contributed by atoms with E-state index >= 15 is 0 Å². The number of benzene rings is 1. The molecule has 0 saturated carbocycles. The molecule has 0 aromatic heterocycles. The summed E-state index contributed by atoms with van der Waals surface area (Å²) in [5.74, 6) is 2.06. The lowest BCUT2D eigenvalue weighted by atomic mass is 10.3. The first-order valence-electron chi connectivity index (χ1n) is 6.15. The third-order valence-electron chi connectivity index (χ3n) is 3.13. The fraction of sp³-hybridized carbons (Fsp3) is 0.538. The number of hydrogen-bond acceptors (Lipinski definition) is 2. The van der Waals surface area contributed by atoms with Crippen molar-refractivity contribution in [1.29, 1.82) is 0 Å². The highest BCUT2D eigenvalue weighted by Gasteiger charge is 2.32. The first-order valence-corrected chi connectivity index (χ1v) is 13.1. The molecule has 0 aliphatic carbocycles. The summed E-state index contributed by atoms with van der Waals surface area (Å²) in [6, 6.07) is 4.54. The molecule has 1 aliphatic heterocycles. The predicted molar refractivity (Wildman–Crippen MR) is 78.5 cm³/mol. The molecule has 0 N–H and O–H groups in total. The van der Waals surface area contributed by atoms with Gasteiger partial charge in [0.05, 0.1) is 16.1 Å². The summed E-state index contributed by atoms with van der Waals surface area (Å²) in [5, 5.41) is 2.76. The van der Waals surface area contributed by atoms with Crippen molar-refractivity contribution >= 4 is 26.5 Å². The molecule has 2 rings (SSSR count). The Hall–Kier alpha value is -0.746. The van der Waals surface area contributed by atoms with Crippen molar-refractivity contribution in [1.82, 2.24) is 0 Å². The van der Waals surface area contributed by atoms with Gasteiger partial charge in [-0.15, -0.1) is 0 Å². The van der Waals surface area contributed by atoms with Gasteiger partial charge in [0.1, 0.15) is 0 Å². The maximum Gasteiger partial charge on any atom is 0.231 e. The third-order valence-corrected chi connectivity index (χ3v) is 7.15. The smallest absolute Gasteiger partial charge is 0.231 e. The van der Waals surface area contributed by atoms with E-state index in [2.05, 4.69) is 51.4 Å². The summed E-state index contributed by atoms with van der Waals surface area (Å²) >= 11 is 0. The molecule has 0 spiro atoms. The quantitative estimate of drug-likeness (QED) is 0.766. The van der Waals surface area contributed by atoms with Crippen LogP contribution in [0.4, 0.5) is 0 Å². The van der Waals surface area contributed by atoms with E-state index in [0.717, 1.165) is 11.5 Å². The molecule has 2 nitrogen and oxygen atoms in total. The van der Waals surface area contributed by atoms with E-state index < -0.39 is 16.1 Å². The Labute approximate surface area is 106 Å². The molecule has 1 aromatic carbocycles. The molecule has 4 heteroatoms. The first-order chi connectivity index (χ1) is 7.71. The average molecular weight is 266 g/mol. The van der Waals surface area contributed by atoms with E-state index in [-0.39, 0.29) is 0 Å². The van der Waals surface area contributed by atoms with Crippen LogP contribution in [0.2, 0.25) is 39.3 Å². The van der Waals surface area contributed by atoms with Crippen LogP contribution in [0, 0.1) is 0 Å². The summed E-state index contributed by atoms with van der Waals surface area (Å²) in [6.07, 6.45) is 0. The van der Waals surface area contributed by atoms with Crippen LogP contribution in [0.1, 0.15) is 0 Å². The second kappa shape index (κ2) is 3.88. The molecule has 0 bridgehead atoms. The van der Waals surface area contributed by atoms with Gasteiger partial charge in [0.15, 0.2) is 11.5 Å². The zero-order chi connectivity index (χ0) is 12.8. The number of hydrogen-bond donors (Lipinski definition) is 0. The van der Waals surface area contributed by atoms with Gasteiger partial charge < -0.3 is 9.47 Å². The molecule has 1 heterocycles. The SMILES string of the molecule is C[Si](C)(C)c1ccc([Si](C)(C)C)c2c1OCO2. The first kappa shape index (κ1) is 12.7. The van der Waals surface area contributed by atoms with Crippen LogP contribution < -0.4 is 19.8 Å². The van der Waals surface area contributed by atoms with E-state index in [4.69, 9.17) is 9.47 Å². The fourth-order valence-corrected chi connectivity index (χ4v) is 5.08. The summed E-state index contributed by atoms with van der Waals surface area (Å²) < 4.78 is 11.5. The van der Waals surface area contributed by atoms with E-state index in [1.165, 1.54) is 10.4 Å². The topological polar surface area (TPSA) is 18.5 Å². The highest BCUT2D eigenvalue weighted by molar-refractivity contribution is 6.91. The number of fused-ring (bicyclic) bond motifs is 1. The predicted octanol–water partition coefficient (Wildman–Crippen LogP) is 2.51. The molecule has 0 saturated heterocycles. The summed E-state index contributed by atoms with van der Waals surface area (Å²) in [5.41, 5.74) is 0. The van der Waals surface area contributed by atoms with E-state index in [0.29, 0.717) is 6.79 Å². The summed E-state index contributed by atoms with van der Waals surface area (Å²) in [6.45, 7) is 14.5. The lowest BCUT2D eigenvalue weighted by Gasteiger charge is -2.23. The van der Waals surface area contributed by atoms with Gasteiger partial charge in [-0.2, -0.15) is 0 Å². The van der Waals surface area contributed by atoms with E-state index in [1.807, 2.05) is 0 Å². The molecule has 1 aliphatic rings. The van der Waals surface area contributed by atoms with Crippen molar-refractivity contribution in [3.05, 3.63) is 12.1 Å². The normalized spacial score (nSPS) is 15.2. The van der Waals surface area contributed by atoms with Crippen molar-refractivity contribution < 1.29 is 9.47 Å². The Bertz CT molecular complexity index is 401. The minimum atomic E-state index is -1.36. The number of ether oxygens (including phenoxy) is 2. The molecule has 0 atom stereocenters. The van der Waals surface area contributed by atoms with Crippen LogP contribution in [0.25, 0.3) is 0 Å². The molecule has 0 amide bonds. The Balaban J connectivity index is 2.62. The Morgan fingerprint density at radius 1 is 0.765 bits per heavy atom. The van der Waals surface area contributed by atoms with Crippen LogP contribution in [-0.4, -0.2) is 22.9 Å². The highest BCUT2D eigenvalue weighted by Crippen LogP contribution is 2.32. The minimum Gasteiger partial charge on any atom is -0.454 e. The molecular formula is C13H22O2Si2. The van der Waals surface area contributed by atoms with Gasteiger partial charge in [0.2, 0.25) is 6.79 Å². The highest BCUT2D eigenvalue weighted by atomic mass is 28.3. The number of rotatable bonds is 2. The second-order valence-corrected chi connectivity index (χ2v) is 16.8. The molecule has 0 radical (unpaired) electrons. The lowest BCUT2D eigenvalue weighted by Crippen LogP contribution is -2.42. The van der Waals surface area contributed by atoms with Gasteiger partial charge in [0, 0.05) is 0 Å². The van der Waals surface area contributed by atoms with Crippen molar-refractivity contribution in [3.8, 4) is 11.5 Å². The van der Waals surface area contributed by atoms with Crippen molar-refractivity contribution in [2.24, 2.45) is 0 Å².